The zero-order valence-electron chi connectivity index (χ0n) is 8.27. The van der Waals surface area contributed by atoms with Crippen molar-refractivity contribution in [2.24, 2.45) is 0 Å². The number of methoxy groups -OCH3 is 1. The second-order valence-electron chi connectivity index (χ2n) is 2.70. The molecule has 0 saturated carbocycles. The molecular weight excluding hydrogens is 194 g/mol. The van der Waals surface area contributed by atoms with E-state index in [1.165, 1.54) is 13.3 Å². The summed E-state index contributed by atoms with van der Waals surface area (Å²) in [6, 6.07) is 8.71. The molecule has 1 rings (SSSR count). The molecule has 0 radical (unpaired) electrons. The van der Waals surface area contributed by atoms with Gasteiger partial charge in [0.05, 0.1) is 7.11 Å². The molecule has 1 aromatic rings. The van der Waals surface area contributed by atoms with E-state index in [1.54, 1.807) is 24.3 Å². The molecule has 78 valence electrons. The number of esters is 1. The maximum Gasteiger partial charge on any atom is 0.331 e. The molecular formula is C11H11NO3. The normalized spacial score (nSPS) is 9.93. The summed E-state index contributed by atoms with van der Waals surface area (Å²) in [6.07, 6.45) is 2.39. The van der Waals surface area contributed by atoms with Gasteiger partial charge in [0.2, 0.25) is 0 Å². The van der Waals surface area contributed by atoms with Crippen LogP contribution in [0.25, 0.3) is 0 Å². The highest BCUT2D eigenvalue weighted by atomic mass is 16.5. The molecule has 0 aliphatic heterocycles. The predicted octanol–water partition coefficient (Wildman–Crippen LogP) is 1.10. The van der Waals surface area contributed by atoms with Gasteiger partial charge in [-0.05, 0) is 12.1 Å². The fourth-order valence-corrected chi connectivity index (χ4v) is 0.926. The summed E-state index contributed by atoms with van der Waals surface area (Å²) in [6.45, 7) is 0. The van der Waals surface area contributed by atoms with E-state index in [1.807, 2.05) is 6.07 Å². The van der Waals surface area contributed by atoms with Gasteiger partial charge in [-0.3, -0.25) is 4.79 Å². The van der Waals surface area contributed by atoms with Crippen LogP contribution in [0, 0.1) is 0 Å². The lowest BCUT2D eigenvalue weighted by Crippen LogP contribution is -2.17. The minimum absolute atomic E-state index is 0.268. The van der Waals surface area contributed by atoms with E-state index in [0.29, 0.717) is 5.56 Å². The molecule has 1 amide bonds. The first-order chi connectivity index (χ1) is 7.24. The van der Waals surface area contributed by atoms with Crippen molar-refractivity contribution in [1.29, 1.82) is 0 Å². The monoisotopic (exact) mass is 205 g/mol. The Kier molecular flexibility index (Phi) is 4.09. The van der Waals surface area contributed by atoms with Crippen LogP contribution in [0.5, 0.6) is 0 Å². The molecule has 15 heavy (non-hydrogen) atoms. The summed E-state index contributed by atoms with van der Waals surface area (Å²) in [5, 5.41) is 2.44. The van der Waals surface area contributed by atoms with Gasteiger partial charge < -0.3 is 10.1 Å². The van der Waals surface area contributed by atoms with Gasteiger partial charge >= 0.3 is 5.97 Å². The molecule has 0 unspecified atom stereocenters. The summed E-state index contributed by atoms with van der Waals surface area (Å²) >= 11 is 0. The number of nitrogens with one attached hydrogen (secondary N) is 1. The van der Waals surface area contributed by atoms with Gasteiger partial charge in [0.1, 0.15) is 0 Å². The number of hydrogen-bond donors (Lipinski definition) is 1. The molecule has 0 spiro atoms. The minimum Gasteiger partial charge on any atom is -0.466 e. The largest absolute Gasteiger partial charge is 0.466 e. The summed E-state index contributed by atoms with van der Waals surface area (Å²) in [5.74, 6) is -0.779. The average Bonchev–Trinajstić information content (AvgIpc) is 2.29. The highest BCUT2D eigenvalue weighted by molar-refractivity contribution is 5.95. The molecule has 0 aliphatic rings. The molecule has 4 nitrogen and oxygen atoms in total. The summed E-state index contributed by atoms with van der Waals surface area (Å²) in [7, 11) is 1.27. The Labute approximate surface area is 87.6 Å². The molecule has 0 aliphatic carbocycles. The van der Waals surface area contributed by atoms with Crippen LogP contribution in [0.3, 0.4) is 0 Å². The lowest BCUT2D eigenvalue weighted by molar-refractivity contribution is -0.134. The molecule has 0 atom stereocenters. The number of rotatable bonds is 3. The first-order valence-electron chi connectivity index (χ1n) is 4.34. The lowest BCUT2D eigenvalue weighted by Gasteiger charge is -1.98. The fourth-order valence-electron chi connectivity index (χ4n) is 0.926. The van der Waals surface area contributed by atoms with Crippen molar-refractivity contribution in [3.8, 4) is 0 Å². The molecule has 1 N–H and O–H groups in total. The van der Waals surface area contributed by atoms with E-state index < -0.39 is 5.97 Å². The third kappa shape index (κ3) is 3.64. The predicted molar refractivity (Wildman–Crippen MR) is 55.1 cm³/mol. The number of amides is 1. The van der Waals surface area contributed by atoms with Crippen molar-refractivity contribution in [1.82, 2.24) is 5.32 Å². The number of carbonyl (C=O) groups is 2. The van der Waals surface area contributed by atoms with Gasteiger partial charge in [0, 0.05) is 17.8 Å². The Bertz CT molecular complexity index is 371. The molecule has 0 saturated heterocycles. The van der Waals surface area contributed by atoms with E-state index >= 15 is 0 Å². The van der Waals surface area contributed by atoms with E-state index in [-0.39, 0.29) is 5.91 Å². The molecule has 1 aromatic carbocycles. The number of hydrogen-bond acceptors (Lipinski definition) is 3. The van der Waals surface area contributed by atoms with Gasteiger partial charge in [0.15, 0.2) is 0 Å². The van der Waals surface area contributed by atoms with Crippen molar-refractivity contribution in [3.63, 3.8) is 0 Å². The first-order valence-corrected chi connectivity index (χ1v) is 4.34. The number of carbonyl (C=O) groups excluding carboxylic acids is 2. The summed E-state index contributed by atoms with van der Waals surface area (Å²) in [4.78, 5) is 22.1. The van der Waals surface area contributed by atoms with Gasteiger partial charge in [-0.2, -0.15) is 0 Å². The van der Waals surface area contributed by atoms with Crippen LogP contribution in [-0.4, -0.2) is 19.0 Å². The molecule has 4 heteroatoms. The summed E-state index contributed by atoms with van der Waals surface area (Å²) < 4.78 is 4.36. The van der Waals surface area contributed by atoms with Crippen LogP contribution < -0.4 is 5.32 Å². The van der Waals surface area contributed by atoms with Crippen molar-refractivity contribution < 1.29 is 14.3 Å². The third-order valence-electron chi connectivity index (χ3n) is 1.67. The highest BCUT2D eigenvalue weighted by Crippen LogP contribution is 1.97. The molecule has 0 bridgehead atoms. The van der Waals surface area contributed by atoms with E-state index in [0.717, 1.165) is 6.08 Å². The zero-order valence-corrected chi connectivity index (χ0v) is 8.27. The van der Waals surface area contributed by atoms with Gasteiger partial charge in [0.25, 0.3) is 5.91 Å². The lowest BCUT2D eigenvalue weighted by atomic mass is 10.2. The number of ether oxygens (including phenoxy) is 1. The standard InChI is InChI=1S/C11H11NO3/c1-15-10(13)7-8-12-11(14)9-5-3-2-4-6-9/h2-8H,1H3,(H,12,14)/b8-7-. The second-order valence-corrected chi connectivity index (χ2v) is 2.70. The third-order valence-corrected chi connectivity index (χ3v) is 1.67. The zero-order chi connectivity index (χ0) is 11.1. The van der Waals surface area contributed by atoms with Crippen LogP contribution in [0.4, 0.5) is 0 Å². The topological polar surface area (TPSA) is 55.4 Å². The highest BCUT2D eigenvalue weighted by Gasteiger charge is 2.00. The Balaban J connectivity index is 2.51. The molecule has 0 heterocycles. The second kappa shape index (κ2) is 5.59. The van der Waals surface area contributed by atoms with Crippen molar-refractivity contribution in [3.05, 3.63) is 48.2 Å². The Morgan fingerprint density at radius 1 is 1.27 bits per heavy atom. The van der Waals surface area contributed by atoms with Gasteiger partial charge in [-0.15, -0.1) is 0 Å². The van der Waals surface area contributed by atoms with Gasteiger partial charge in [-0.25, -0.2) is 4.79 Å². The number of benzene rings is 1. The maximum atomic E-state index is 11.4. The van der Waals surface area contributed by atoms with Crippen LogP contribution in [0.2, 0.25) is 0 Å². The quantitative estimate of drug-likeness (QED) is 0.594. The SMILES string of the molecule is COC(=O)/C=C\NC(=O)c1ccccc1. The molecule has 0 fully saturated rings. The van der Waals surface area contributed by atoms with Crippen molar-refractivity contribution in [2.75, 3.05) is 7.11 Å². The smallest absolute Gasteiger partial charge is 0.331 e. The summed E-state index contributed by atoms with van der Waals surface area (Å²) in [5.41, 5.74) is 0.534. The van der Waals surface area contributed by atoms with Crippen molar-refractivity contribution in [2.45, 2.75) is 0 Å². The van der Waals surface area contributed by atoms with Crippen LogP contribution in [0.1, 0.15) is 10.4 Å². The van der Waals surface area contributed by atoms with E-state index in [2.05, 4.69) is 10.1 Å². The van der Waals surface area contributed by atoms with Crippen LogP contribution in [0.15, 0.2) is 42.6 Å². The van der Waals surface area contributed by atoms with Crippen LogP contribution >= 0.6 is 0 Å². The first kappa shape index (κ1) is 11.0. The maximum absolute atomic E-state index is 11.4. The Hall–Kier alpha value is -2.10. The average molecular weight is 205 g/mol. The Morgan fingerprint density at radius 2 is 1.93 bits per heavy atom. The van der Waals surface area contributed by atoms with Gasteiger partial charge in [-0.1, -0.05) is 18.2 Å². The fraction of sp³-hybridized carbons (Fsp3) is 0.0909. The minimum atomic E-state index is -0.511. The van der Waals surface area contributed by atoms with Crippen LogP contribution in [-0.2, 0) is 9.53 Å². The van der Waals surface area contributed by atoms with E-state index in [4.69, 9.17) is 0 Å². The van der Waals surface area contributed by atoms with E-state index in [9.17, 15) is 9.59 Å². The Morgan fingerprint density at radius 3 is 2.53 bits per heavy atom. The molecule has 0 aromatic heterocycles. The van der Waals surface area contributed by atoms with Crippen molar-refractivity contribution >= 4 is 11.9 Å².